The van der Waals surface area contributed by atoms with E-state index < -0.39 is 0 Å². The van der Waals surface area contributed by atoms with Gasteiger partial charge in [0.1, 0.15) is 0 Å². The van der Waals surface area contributed by atoms with Crippen molar-refractivity contribution in [1.82, 2.24) is 9.80 Å². The summed E-state index contributed by atoms with van der Waals surface area (Å²) < 4.78 is 0. The molecule has 3 rings (SSSR count). The van der Waals surface area contributed by atoms with Crippen LogP contribution in [-0.2, 0) is 4.79 Å². The van der Waals surface area contributed by atoms with Crippen LogP contribution in [0.15, 0.2) is 30.3 Å². The van der Waals surface area contributed by atoms with Crippen molar-refractivity contribution in [2.24, 2.45) is 0 Å². The molecular weight excluding hydrogens is 286 g/mol. The average molecular weight is 309 g/mol. The van der Waals surface area contributed by atoms with Crippen LogP contribution in [0.4, 0.5) is 0 Å². The summed E-state index contributed by atoms with van der Waals surface area (Å²) in [5.74, 6) is 0.107. The number of rotatable bonds is 4. The molecule has 1 amide bonds. The SMILES string of the molecule is N#Cc1ccc(C=CC(=O)N2CCC[C@H]2CN2CCCC2)cc1. The van der Waals surface area contributed by atoms with Crippen LogP contribution in [0.25, 0.3) is 6.08 Å². The van der Waals surface area contributed by atoms with Gasteiger partial charge in [-0.3, -0.25) is 4.79 Å². The number of carbonyl (C=O) groups excluding carboxylic acids is 1. The van der Waals surface area contributed by atoms with Gasteiger partial charge >= 0.3 is 0 Å². The summed E-state index contributed by atoms with van der Waals surface area (Å²) >= 11 is 0. The van der Waals surface area contributed by atoms with Crippen LogP contribution >= 0.6 is 0 Å². The normalized spacial score (nSPS) is 21.9. The lowest BCUT2D eigenvalue weighted by Crippen LogP contribution is -2.41. The van der Waals surface area contributed by atoms with Gasteiger partial charge in [-0.15, -0.1) is 0 Å². The second kappa shape index (κ2) is 7.43. The Labute approximate surface area is 138 Å². The third-order valence-corrected chi connectivity index (χ3v) is 4.79. The van der Waals surface area contributed by atoms with Crippen molar-refractivity contribution >= 4 is 12.0 Å². The van der Waals surface area contributed by atoms with Crippen molar-refractivity contribution in [3.8, 4) is 6.07 Å². The molecule has 2 aliphatic rings. The predicted octanol–water partition coefficient (Wildman–Crippen LogP) is 2.66. The molecule has 0 bridgehead atoms. The molecule has 0 aliphatic carbocycles. The first-order valence-electron chi connectivity index (χ1n) is 8.47. The molecule has 2 saturated heterocycles. The van der Waals surface area contributed by atoms with Crippen molar-refractivity contribution in [3.63, 3.8) is 0 Å². The maximum atomic E-state index is 12.5. The summed E-state index contributed by atoms with van der Waals surface area (Å²) in [6, 6.07) is 9.75. The second-order valence-electron chi connectivity index (χ2n) is 6.40. The van der Waals surface area contributed by atoms with Gasteiger partial charge in [0, 0.05) is 25.2 Å². The zero-order chi connectivity index (χ0) is 16.1. The van der Waals surface area contributed by atoms with Gasteiger partial charge in [-0.05, 0) is 62.5 Å². The fraction of sp³-hybridized carbons (Fsp3) is 0.474. The maximum Gasteiger partial charge on any atom is 0.246 e. The molecule has 2 aliphatic heterocycles. The van der Waals surface area contributed by atoms with Gasteiger partial charge in [0.25, 0.3) is 0 Å². The quantitative estimate of drug-likeness (QED) is 0.803. The minimum atomic E-state index is 0.107. The summed E-state index contributed by atoms with van der Waals surface area (Å²) in [5, 5.41) is 8.80. The highest BCUT2D eigenvalue weighted by Gasteiger charge is 2.29. The van der Waals surface area contributed by atoms with Crippen LogP contribution in [0.3, 0.4) is 0 Å². The highest BCUT2D eigenvalue weighted by Crippen LogP contribution is 2.21. The molecule has 0 N–H and O–H groups in total. The van der Waals surface area contributed by atoms with Crippen LogP contribution in [0, 0.1) is 11.3 Å². The number of amides is 1. The molecule has 0 unspecified atom stereocenters. The van der Waals surface area contributed by atoms with Gasteiger partial charge in [-0.2, -0.15) is 5.26 Å². The fourth-order valence-electron chi connectivity index (χ4n) is 3.51. The monoisotopic (exact) mass is 309 g/mol. The third-order valence-electron chi connectivity index (χ3n) is 4.79. The Kier molecular flexibility index (Phi) is 5.09. The predicted molar refractivity (Wildman–Crippen MR) is 90.6 cm³/mol. The van der Waals surface area contributed by atoms with Crippen molar-refractivity contribution in [2.45, 2.75) is 31.7 Å². The van der Waals surface area contributed by atoms with Crippen molar-refractivity contribution in [2.75, 3.05) is 26.2 Å². The first kappa shape index (κ1) is 15.8. The molecular formula is C19H23N3O. The molecule has 1 aromatic carbocycles. The molecule has 2 heterocycles. The van der Waals surface area contributed by atoms with E-state index in [9.17, 15) is 4.79 Å². The molecule has 4 nitrogen and oxygen atoms in total. The summed E-state index contributed by atoms with van der Waals surface area (Å²) in [6.45, 7) is 4.25. The van der Waals surface area contributed by atoms with Crippen LogP contribution < -0.4 is 0 Å². The lowest BCUT2D eigenvalue weighted by atomic mass is 10.1. The van der Waals surface area contributed by atoms with Gasteiger partial charge < -0.3 is 9.80 Å². The van der Waals surface area contributed by atoms with Gasteiger partial charge in [0.2, 0.25) is 5.91 Å². The number of likely N-dealkylation sites (tertiary alicyclic amines) is 2. The Morgan fingerprint density at radius 3 is 2.61 bits per heavy atom. The topological polar surface area (TPSA) is 47.3 Å². The number of carbonyl (C=O) groups is 1. The zero-order valence-corrected chi connectivity index (χ0v) is 13.4. The van der Waals surface area contributed by atoms with E-state index >= 15 is 0 Å². The summed E-state index contributed by atoms with van der Waals surface area (Å²) in [5.41, 5.74) is 1.59. The van der Waals surface area contributed by atoms with E-state index in [1.165, 1.54) is 25.9 Å². The minimum Gasteiger partial charge on any atom is -0.335 e. The van der Waals surface area contributed by atoms with Crippen LogP contribution in [-0.4, -0.2) is 47.9 Å². The van der Waals surface area contributed by atoms with E-state index in [0.29, 0.717) is 11.6 Å². The lowest BCUT2D eigenvalue weighted by Gasteiger charge is -2.27. The smallest absolute Gasteiger partial charge is 0.246 e. The first-order valence-corrected chi connectivity index (χ1v) is 8.47. The van der Waals surface area contributed by atoms with E-state index in [-0.39, 0.29) is 5.91 Å². The Morgan fingerprint density at radius 2 is 1.91 bits per heavy atom. The highest BCUT2D eigenvalue weighted by atomic mass is 16.2. The first-order chi connectivity index (χ1) is 11.3. The van der Waals surface area contributed by atoms with E-state index in [1.54, 1.807) is 18.2 Å². The Morgan fingerprint density at radius 1 is 1.17 bits per heavy atom. The van der Waals surface area contributed by atoms with Gasteiger partial charge in [0.05, 0.1) is 11.6 Å². The highest BCUT2D eigenvalue weighted by molar-refractivity contribution is 5.92. The van der Waals surface area contributed by atoms with Crippen molar-refractivity contribution < 1.29 is 4.79 Å². The summed E-state index contributed by atoms with van der Waals surface area (Å²) in [6.07, 6.45) is 8.32. The minimum absolute atomic E-state index is 0.107. The summed E-state index contributed by atoms with van der Waals surface area (Å²) in [4.78, 5) is 17.0. The van der Waals surface area contributed by atoms with Crippen LogP contribution in [0.2, 0.25) is 0 Å². The number of hydrogen-bond donors (Lipinski definition) is 0. The molecule has 4 heteroatoms. The Bertz CT molecular complexity index is 608. The van der Waals surface area contributed by atoms with Crippen molar-refractivity contribution in [1.29, 1.82) is 5.26 Å². The lowest BCUT2D eigenvalue weighted by molar-refractivity contribution is -0.127. The van der Waals surface area contributed by atoms with Crippen LogP contribution in [0.1, 0.15) is 36.8 Å². The largest absolute Gasteiger partial charge is 0.335 e. The van der Waals surface area contributed by atoms with E-state index in [2.05, 4.69) is 11.0 Å². The number of nitrogens with zero attached hydrogens (tertiary/aromatic N) is 3. The molecule has 23 heavy (non-hydrogen) atoms. The molecule has 1 aromatic rings. The van der Waals surface area contributed by atoms with Gasteiger partial charge in [-0.25, -0.2) is 0 Å². The summed E-state index contributed by atoms with van der Waals surface area (Å²) in [7, 11) is 0. The Balaban J connectivity index is 1.59. The van der Waals surface area contributed by atoms with Crippen molar-refractivity contribution in [3.05, 3.63) is 41.5 Å². The molecule has 120 valence electrons. The molecule has 1 atom stereocenters. The standard InChI is InChI=1S/C19H23N3O/c20-14-17-7-5-16(6-8-17)9-10-19(23)22-13-3-4-18(22)15-21-11-1-2-12-21/h5-10,18H,1-4,11-13,15H2/t18-/m0/s1. The van der Waals surface area contributed by atoms with Crippen LogP contribution in [0.5, 0.6) is 0 Å². The number of hydrogen-bond acceptors (Lipinski definition) is 3. The third kappa shape index (κ3) is 4.00. The van der Waals surface area contributed by atoms with Gasteiger partial charge in [0.15, 0.2) is 0 Å². The Hall–Kier alpha value is -2.12. The molecule has 2 fully saturated rings. The average Bonchev–Trinajstić information content (AvgIpc) is 3.25. The number of nitriles is 1. The number of benzene rings is 1. The molecule has 0 spiro atoms. The molecule has 0 saturated carbocycles. The second-order valence-corrected chi connectivity index (χ2v) is 6.40. The van der Waals surface area contributed by atoms with E-state index in [4.69, 9.17) is 5.26 Å². The molecule has 0 aromatic heterocycles. The van der Waals surface area contributed by atoms with E-state index in [1.807, 2.05) is 23.1 Å². The van der Waals surface area contributed by atoms with Gasteiger partial charge in [-0.1, -0.05) is 12.1 Å². The maximum absolute atomic E-state index is 12.5. The molecule has 0 radical (unpaired) electrons. The zero-order valence-electron chi connectivity index (χ0n) is 13.4. The van der Waals surface area contributed by atoms with E-state index in [0.717, 1.165) is 31.5 Å². The fourth-order valence-corrected chi connectivity index (χ4v) is 3.51.